The average molecular weight is 413 g/mol. The van der Waals surface area contributed by atoms with E-state index in [1.165, 1.54) is 11.1 Å². The van der Waals surface area contributed by atoms with E-state index >= 15 is 0 Å². The molecule has 0 N–H and O–H groups in total. The summed E-state index contributed by atoms with van der Waals surface area (Å²) < 4.78 is 6.50. The van der Waals surface area contributed by atoms with Gasteiger partial charge in [-0.3, -0.25) is 0 Å². The van der Waals surface area contributed by atoms with Gasteiger partial charge in [-0.1, -0.05) is 0 Å². The van der Waals surface area contributed by atoms with Crippen LogP contribution < -0.4 is 4.52 Å². The van der Waals surface area contributed by atoms with Crippen molar-refractivity contribution in [2.75, 3.05) is 12.3 Å². The van der Waals surface area contributed by atoms with Crippen molar-refractivity contribution in [3.8, 4) is 5.75 Å². The quantitative estimate of drug-likeness (QED) is 0.347. The molecule has 0 aliphatic carbocycles. The summed E-state index contributed by atoms with van der Waals surface area (Å²) in [7, 11) is 0. The van der Waals surface area contributed by atoms with Crippen LogP contribution in [0.4, 0.5) is 0 Å². The molecule has 0 fully saturated rings. The Balaban J connectivity index is 1.71. The monoisotopic (exact) mass is 414 g/mol. The molecule has 0 aromatic heterocycles. The Bertz CT molecular complexity index is 756. The van der Waals surface area contributed by atoms with E-state index in [2.05, 4.69) is 87.9 Å². The second-order valence-electron chi connectivity index (χ2n) is 6.14. The third kappa shape index (κ3) is 6.01. The molecule has 0 radical (unpaired) electrons. The van der Waals surface area contributed by atoms with Crippen LogP contribution in [0.1, 0.15) is 11.1 Å². The normalized spacial score (nSPS) is 11.2. The minimum absolute atomic E-state index is 0.968. The van der Waals surface area contributed by atoms with Gasteiger partial charge < -0.3 is 0 Å². The van der Waals surface area contributed by atoms with E-state index in [0.29, 0.717) is 0 Å². The molecule has 3 aromatic rings. The number of rotatable bonds is 8. The van der Waals surface area contributed by atoms with Crippen molar-refractivity contribution in [2.45, 2.75) is 12.8 Å². The van der Waals surface area contributed by atoms with Crippen molar-refractivity contribution < 1.29 is 4.52 Å². The number of hydrogen-bond acceptors (Lipinski definition) is 1. The molecule has 0 heterocycles. The Hall–Kier alpha value is -1.59. The van der Waals surface area contributed by atoms with Crippen molar-refractivity contribution in [3.63, 3.8) is 0 Å². The number of aryl methyl sites for hydroxylation is 2. The molecule has 0 unspecified atom stereocenters. The number of para-hydroxylation sites is 1. The summed E-state index contributed by atoms with van der Waals surface area (Å²) in [5, 5.41) is 0. The van der Waals surface area contributed by atoms with Crippen LogP contribution in [0.2, 0.25) is 0 Å². The molecular weight excluding hydrogens is 390 g/mol. The van der Waals surface area contributed by atoms with Gasteiger partial charge in [0.05, 0.1) is 0 Å². The van der Waals surface area contributed by atoms with E-state index in [1.54, 1.807) is 0 Å². The third-order valence-electron chi connectivity index (χ3n) is 4.18. The van der Waals surface area contributed by atoms with Gasteiger partial charge in [0.25, 0.3) is 0 Å². The van der Waals surface area contributed by atoms with Crippen LogP contribution in [-0.2, 0) is 12.8 Å². The standard InChI is InChI=1S/C22H23OPSe/c25-24(23-22-14-8-3-9-15-22,18-16-20-10-4-1-5-11-20)19-17-21-12-6-2-7-13-21/h1-15H,16-19H2. The Labute approximate surface area is 158 Å². The van der Waals surface area contributed by atoms with Crippen LogP contribution in [0.25, 0.3) is 0 Å². The molecule has 3 rings (SSSR count). The summed E-state index contributed by atoms with van der Waals surface area (Å²) in [5.41, 5.74) is 1.10. The Morgan fingerprint density at radius 1 is 0.600 bits per heavy atom. The van der Waals surface area contributed by atoms with Crippen LogP contribution in [0.3, 0.4) is 0 Å². The molecule has 0 saturated carbocycles. The van der Waals surface area contributed by atoms with Crippen LogP contribution in [0.15, 0.2) is 91.0 Å². The summed E-state index contributed by atoms with van der Waals surface area (Å²) in [6.45, 7) is 0. The third-order valence-corrected chi connectivity index (χ3v) is 9.30. The van der Waals surface area contributed by atoms with Crippen molar-refractivity contribution in [3.05, 3.63) is 102 Å². The molecule has 128 valence electrons. The van der Waals surface area contributed by atoms with Gasteiger partial charge in [-0.15, -0.1) is 0 Å². The van der Waals surface area contributed by atoms with E-state index in [4.69, 9.17) is 4.52 Å². The fourth-order valence-corrected chi connectivity index (χ4v) is 6.57. The van der Waals surface area contributed by atoms with E-state index in [-0.39, 0.29) is 0 Å². The van der Waals surface area contributed by atoms with Crippen LogP contribution in [0.5, 0.6) is 5.75 Å². The molecule has 3 heteroatoms. The fraction of sp³-hybridized carbons (Fsp3) is 0.182. The van der Waals surface area contributed by atoms with Gasteiger partial charge in [0.2, 0.25) is 0 Å². The summed E-state index contributed by atoms with van der Waals surface area (Å²) in [4.78, 5) is 0. The zero-order chi connectivity index (χ0) is 17.4. The molecule has 3 aromatic carbocycles. The first-order valence-electron chi connectivity index (χ1n) is 8.64. The van der Waals surface area contributed by atoms with Gasteiger partial charge in [-0.2, -0.15) is 0 Å². The van der Waals surface area contributed by atoms with E-state index < -0.39 is 5.74 Å². The molecule has 25 heavy (non-hydrogen) atoms. The van der Waals surface area contributed by atoms with Crippen LogP contribution in [0, 0.1) is 0 Å². The Kier molecular flexibility index (Phi) is 6.70. The summed E-state index contributed by atoms with van der Waals surface area (Å²) in [5.74, 6) is 0.968. The first-order chi connectivity index (χ1) is 12.2. The molecule has 0 amide bonds. The van der Waals surface area contributed by atoms with Gasteiger partial charge in [-0.05, 0) is 0 Å². The Morgan fingerprint density at radius 2 is 1.00 bits per heavy atom. The van der Waals surface area contributed by atoms with Crippen molar-refractivity contribution >= 4 is 20.8 Å². The molecule has 0 saturated heterocycles. The zero-order valence-electron chi connectivity index (χ0n) is 14.3. The van der Waals surface area contributed by atoms with Gasteiger partial charge in [0, 0.05) is 0 Å². The first-order valence-corrected chi connectivity index (χ1v) is 12.9. The molecule has 0 aliphatic heterocycles. The van der Waals surface area contributed by atoms with E-state index in [0.717, 1.165) is 30.9 Å². The van der Waals surface area contributed by atoms with E-state index in [1.807, 2.05) is 18.2 Å². The topological polar surface area (TPSA) is 9.23 Å². The second kappa shape index (κ2) is 9.20. The maximum atomic E-state index is 6.50. The van der Waals surface area contributed by atoms with Gasteiger partial charge in [0.15, 0.2) is 0 Å². The molecule has 1 nitrogen and oxygen atoms in total. The number of benzene rings is 3. The average Bonchev–Trinajstić information content (AvgIpc) is 2.68. The second-order valence-corrected chi connectivity index (χ2v) is 13.0. The molecule has 0 bridgehead atoms. The van der Waals surface area contributed by atoms with Gasteiger partial charge in [0.1, 0.15) is 0 Å². The van der Waals surface area contributed by atoms with E-state index in [9.17, 15) is 0 Å². The van der Waals surface area contributed by atoms with Crippen molar-refractivity contribution in [1.82, 2.24) is 0 Å². The fourth-order valence-electron chi connectivity index (χ4n) is 2.76. The van der Waals surface area contributed by atoms with Gasteiger partial charge >= 0.3 is 158 Å². The molecule has 0 spiro atoms. The van der Waals surface area contributed by atoms with Crippen LogP contribution >= 0.6 is 5.74 Å². The molecule has 0 atom stereocenters. The summed E-state index contributed by atoms with van der Waals surface area (Å²) in [6, 6.07) is 31.6. The summed E-state index contributed by atoms with van der Waals surface area (Å²) >= 11 is 3.47. The molecule has 0 aliphatic rings. The predicted molar refractivity (Wildman–Crippen MR) is 110 cm³/mol. The first kappa shape index (κ1) is 18.2. The zero-order valence-corrected chi connectivity index (χ0v) is 16.9. The Morgan fingerprint density at radius 3 is 1.44 bits per heavy atom. The SMILES string of the molecule is [Se]=P(CCc1ccccc1)(CCc1ccccc1)Oc1ccccc1. The van der Waals surface area contributed by atoms with Crippen molar-refractivity contribution in [1.29, 1.82) is 0 Å². The number of hydrogen-bond donors (Lipinski definition) is 0. The minimum atomic E-state index is -1.65. The predicted octanol–water partition coefficient (Wildman–Crippen LogP) is 5.57. The summed E-state index contributed by atoms with van der Waals surface area (Å²) in [6.07, 6.45) is 4.20. The molecular formula is C22H23OPSe. The van der Waals surface area contributed by atoms with Gasteiger partial charge in [-0.25, -0.2) is 0 Å². The van der Waals surface area contributed by atoms with Crippen LogP contribution in [-0.4, -0.2) is 27.4 Å². The maximum absolute atomic E-state index is 6.50. The van der Waals surface area contributed by atoms with Crippen molar-refractivity contribution in [2.24, 2.45) is 0 Å².